The molecule has 1 aromatic carbocycles. The molecular formula is C15H16O3. The summed E-state index contributed by atoms with van der Waals surface area (Å²) in [5.74, 6) is 0.422. The smallest absolute Gasteiger partial charge is 0.161 e. The van der Waals surface area contributed by atoms with Crippen molar-refractivity contribution in [2.75, 3.05) is 19.8 Å². The summed E-state index contributed by atoms with van der Waals surface area (Å²) in [7, 11) is 0. The monoisotopic (exact) mass is 244 g/mol. The van der Waals surface area contributed by atoms with Crippen LogP contribution in [-0.2, 0) is 20.9 Å². The molecule has 1 saturated heterocycles. The molecule has 18 heavy (non-hydrogen) atoms. The average molecular weight is 244 g/mol. The first-order chi connectivity index (χ1) is 8.84. The van der Waals surface area contributed by atoms with Gasteiger partial charge in [0.2, 0.25) is 0 Å². The summed E-state index contributed by atoms with van der Waals surface area (Å²) in [5, 5.41) is 0. The van der Waals surface area contributed by atoms with Crippen LogP contribution in [0.4, 0.5) is 0 Å². The van der Waals surface area contributed by atoms with Gasteiger partial charge in [-0.1, -0.05) is 30.3 Å². The lowest BCUT2D eigenvalue weighted by atomic mass is 9.94. The summed E-state index contributed by atoms with van der Waals surface area (Å²) in [6.45, 7) is 2.33. The minimum atomic E-state index is -0.0359. The third kappa shape index (κ3) is 2.24. The van der Waals surface area contributed by atoms with Gasteiger partial charge in [0.05, 0.1) is 32.3 Å². The van der Waals surface area contributed by atoms with Crippen molar-refractivity contribution in [1.82, 2.24) is 0 Å². The number of hydrogen-bond acceptors (Lipinski definition) is 3. The van der Waals surface area contributed by atoms with E-state index in [1.54, 1.807) is 6.08 Å². The first-order valence-electron chi connectivity index (χ1n) is 6.28. The highest BCUT2D eigenvalue weighted by Gasteiger charge is 2.39. The molecule has 0 bridgehead atoms. The van der Waals surface area contributed by atoms with Crippen molar-refractivity contribution in [3.63, 3.8) is 0 Å². The number of carbonyl (C=O) groups is 1. The Kier molecular flexibility index (Phi) is 3.26. The summed E-state index contributed by atoms with van der Waals surface area (Å²) in [6, 6.07) is 10.0. The van der Waals surface area contributed by atoms with Crippen LogP contribution in [0.1, 0.15) is 5.56 Å². The molecular weight excluding hydrogens is 228 g/mol. The molecule has 1 aliphatic carbocycles. The van der Waals surface area contributed by atoms with Gasteiger partial charge in [0.25, 0.3) is 0 Å². The SMILES string of the molecule is O=C1C=C2COCC2C1COCc1ccccc1. The Balaban J connectivity index is 1.54. The quantitative estimate of drug-likeness (QED) is 0.812. The van der Waals surface area contributed by atoms with E-state index >= 15 is 0 Å². The van der Waals surface area contributed by atoms with Crippen LogP contribution in [0, 0.1) is 11.8 Å². The number of carbonyl (C=O) groups excluding carboxylic acids is 1. The van der Waals surface area contributed by atoms with E-state index in [0.29, 0.717) is 26.4 Å². The third-order valence-corrected chi connectivity index (χ3v) is 3.63. The van der Waals surface area contributed by atoms with Crippen LogP contribution in [0.3, 0.4) is 0 Å². The first kappa shape index (κ1) is 11.6. The molecule has 1 heterocycles. The maximum Gasteiger partial charge on any atom is 0.161 e. The molecule has 3 nitrogen and oxygen atoms in total. The van der Waals surface area contributed by atoms with E-state index in [4.69, 9.17) is 9.47 Å². The van der Waals surface area contributed by atoms with Crippen LogP contribution in [0.15, 0.2) is 42.0 Å². The molecule has 0 amide bonds. The van der Waals surface area contributed by atoms with Crippen LogP contribution in [-0.4, -0.2) is 25.6 Å². The summed E-state index contributed by atoms with van der Waals surface area (Å²) in [6.07, 6.45) is 1.74. The molecule has 2 unspecified atom stereocenters. The van der Waals surface area contributed by atoms with Crippen LogP contribution in [0.5, 0.6) is 0 Å². The van der Waals surface area contributed by atoms with E-state index in [9.17, 15) is 4.79 Å². The molecule has 2 atom stereocenters. The van der Waals surface area contributed by atoms with Crippen molar-refractivity contribution in [3.05, 3.63) is 47.5 Å². The van der Waals surface area contributed by atoms with Gasteiger partial charge >= 0.3 is 0 Å². The number of ketones is 1. The second-order valence-electron chi connectivity index (χ2n) is 4.85. The fraction of sp³-hybridized carbons (Fsp3) is 0.400. The molecule has 0 N–H and O–H groups in total. The Labute approximate surface area is 106 Å². The molecule has 2 aliphatic rings. The lowest BCUT2D eigenvalue weighted by Gasteiger charge is -2.15. The second-order valence-corrected chi connectivity index (χ2v) is 4.85. The zero-order valence-corrected chi connectivity index (χ0v) is 10.2. The Morgan fingerprint density at radius 2 is 2.11 bits per heavy atom. The molecule has 1 fully saturated rings. The summed E-state index contributed by atoms with van der Waals surface area (Å²) in [5.41, 5.74) is 2.28. The highest BCUT2D eigenvalue weighted by Crippen LogP contribution is 2.34. The maximum absolute atomic E-state index is 11.8. The Bertz CT molecular complexity index is 464. The zero-order chi connectivity index (χ0) is 12.4. The van der Waals surface area contributed by atoms with Gasteiger partial charge in [-0.05, 0) is 17.2 Å². The normalized spacial score (nSPS) is 26.2. The van der Waals surface area contributed by atoms with Crippen molar-refractivity contribution in [2.45, 2.75) is 6.61 Å². The number of rotatable bonds is 4. The molecule has 3 heteroatoms. The summed E-state index contributed by atoms with van der Waals surface area (Å²) < 4.78 is 11.1. The van der Waals surface area contributed by atoms with Gasteiger partial charge in [0, 0.05) is 5.92 Å². The number of ether oxygens (including phenoxy) is 2. The van der Waals surface area contributed by atoms with Crippen molar-refractivity contribution in [2.24, 2.45) is 11.8 Å². The number of fused-ring (bicyclic) bond motifs is 1. The second kappa shape index (κ2) is 5.04. The first-order valence-corrected chi connectivity index (χ1v) is 6.28. The van der Waals surface area contributed by atoms with Gasteiger partial charge in [-0.2, -0.15) is 0 Å². The minimum absolute atomic E-state index is 0.0359. The molecule has 1 aromatic rings. The predicted octanol–water partition coefficient (Wildman–Crippen LogP) is 1.97. The van der Waals surface area contributed by atoms with Gasteiger partial charge in [-0.15, -0.1) is 0 Å². The van der Waals surface area contributed by atoms with Crippen molar-refractivity contribution >= 4 is 5.78 Å². The number of allylic oxidation sites excluding steroid dienone is 1. The number of hydrogen-bond donors (Lipinski definition) is 0. The van der Waals surface area contributed by atoms with Crippen LogP contribution in [0.25, 0.3) is 0 Å². The molecule has 94 valence electrons. The summed E-state index contributed by atoms with van der Waals surface area (Å²) >= 11 is 0. The van der Waals surface area contributed by atoms with E-state index in [0.717, 1.165) is 11.1 Å². The van der Waals surface area contributed by atoms with E-state index < -0.39 is 0 Å². The van der Waals surface area contributed by atoms with Crippen molar-refractivity contribution in [3.8, 4) is 0 Å². The van der Waals surface area contributed by atoms with Crippen LogP contribution in [0.2, 0.25) is 0 Å². The maximum atomic E-state index is 11.8. The van der Waals surface area contributed by atoms with Gasteiger partial charge in [0.1, 0.15) is 0 Å². The predicted molar refractivity (Wildman–Crippen MR) is 67.0 cm³/mol. The number of benzene rings is 1. The minimum Gasteiger partial charge on any atom is -0.376 e. The lowest BCUT2D eigenvalue weighted by Crippen LogP contribution is -2.23. The van der Waals surface area contributed by atoms with Crippen LogP contribution >= 0.6 is 0 Å². The summed E-state index contributed by atoms with van der Waals surface area (Å²) in [4.78, 5) is 11.8. The van der Waals surface area contributed by atoms with E-state index in [1.807, 2.05) is 30.3 Å². The Morgan fingerprint density at radius 1 is 1.28 bits per heavy atom. The van der Waals surface area contributed by atoms with E-state index in [-0.39, 0.29) is 17.6 Å². The Morgan fingerprint density at radius 3 is 2.94 bits per heavy atom. The van der Waals surface area contributed by atoms with Gasteiger partial charge in [-0.3, -0.25) is 4.79 Å². The van der Waals surface area contributed by atoms with Crippen molar-refractivity contribution in [1.29, 1.82) is 0 Å². The van der Waals surface area contributed by atoms with E-state index in [1.165, 1.54) is 0 Å². The zero-order valence-electron chi connectivity index (χ0n) is 10.2. The lowest BCUT2D eigenvalue weighted by molar-refractivity contribution is -0.120. The standard InChI is InChI=1S/C15H16O3/c16-15-6-12-8-18-9-13(12)14(15)10-17-7-11-4-2-1-3-5-11/h1-6,13-14H,7-10H2. The fourth-order valence-electron chi connectivity index (χ4n) is 2.61. The molecule has 3 rings (SSSR count). The molecule has 1 aliphatic heterocycles. The fourth-order valence-corrected chi connectivity index (χ4v) is 2.61. The Hall–Kier alpha value is -1.45. The molecule has 0 spiro atoms. The third-order valence-electron chi connectivity index (χ3n) is 3.63. The van der Waals surface area contributed by atoms with Crippen molar-refractivity contribution < 1.29 is 14.3 Å². The highest BCUT2D eigenvalue weighted by atomic mass is 16.5. The topological polar surface area (TPSA) is 35.5 Å². The van der Waals surface area contributed by atoms with Gasteiger partial charge < -0.3 is 9.47 Å². The molecule has 0 radical (unpaired) electrons. The molecule has 0 aromatic heterocycles. The van der Waals surface area contributed by atoms with E-state index in [2.05, 4.69) is 0 Å². The molecule has 0 saturated carbocycles. The average Bonchev–Trinajstić information content (AvgIpc) is 2.93. The van der Waals surface area contributed by atoms with Gasteiger partial charge in [0.15, 0.2) is 5.78 Å². The largest absolute Gasteiger partial charge is 0.376 e. The highest BCUT2D eigenvalue weighted by molar-refractivity contribution is 5.96. The van der Waals surface area contributed by atoms with Crippen LogP contribution < -0.4 is 0 Å². The van der Waals surface area contributed by atoms with Gasteiger partial charge in [-0.25, -0.2) is 0 Å².